The first-order chi connectivity index (χ1) is 14.3. The van der Waals surface area contributed by atoms with Crippen LogP contribution in [0.4, 0.5) is 8.78 Å². The second-order valence-corrected chi connectivity index (χ2v) is 7.93. The van der Waals surface area contributed by atoms with Crippen molar-refractivity contribution < 1.29 is 13.5 Å². The van der Waals surface area contributed by atoms with Crippen LogP contribution in [0.3, 0.4) is 0 Å². The number of ether oxygens (including phenoxy) is 1. The van der Waals surface area contributed by atoms with Crippen LogP contribution < -0.4 is 4.74 Å². The molecule has 30 heavy (non-hydrogen) atoms. The highest BCUT2D eigenvalue weighted by atomic mass is 19.3. The molecular formula is C20H25F2N7O. The van der Waals surface area contributed by atoms with Gasteiger partial charge in [0.15, 0.2) is 5.82 Å². The van der Waals surface area contributed by atoms with Crippen molar-refractivity contribution >= 4 is 0 Å². The van der Waals surface area contributed by atoms with E-state index in [1.165, 1.54) is 6.33 Å². The Hall–Kier alpha value is -2.91. The highest BCUT2D eigenvalue weighted by Gasteiger charge is 2.35. The van der Waals surface area contributed by atoms with Gasteiger partial charge in [-0.05, 0) is 45.1 Å². The van der Waals surface area contributed by atoms with E-state index in [0.717, 1.165) is 17.1 Å². The van der Waals surface area contributed by atoms with Crippen molar-refractivity contribution in [2.45, 2.75) is 58.5 Å². The van der Waals surface area contributed by atoms with Crippen LogP contribution in [0, 0.1) is 19.8 Å². The molecule has 0 saturated heterocycles. The van der Waals surface area contributed by atoms with E-state index in [2.05, 4.69) is 25.1 Å². The van der Waals surface area contributed by atoms with Gasteiger partial charge in [0.2, 0.25) is 11.8 Å². The summed E-state index contributed by atoms with van der Waals surface area (Å²) in [6.07, 6.45) is 2.91. The molecule has 1 aliphatic carbocycles. The first-order valence-electron chi connectivity index (χ1n) is 10.0. The number of nitrogens with zero attached hydrogens (tertiary/aromatic N) is 7. The smallest absolute Gasteiger partial charge is 0.254 e. The van der Waals surface area contributed by atoms with Gasteiger partial charge in [-0.3, -0.25) is 4.68 Å². The van der Waals surface area contributed by atoms with Crippen LogP contribution in [0.5, 0.6) is 5.88 Å². The Morgan fingerprint density at radius 3 is 2.57 bits per heavy atom. The molecular weight excluding hydrogens is 392 g/mol. The van der Waals surface area contributed by atoms with Gasteiger partial charge in [-0.2, -0.15) is 15.2 Å². The quantitative estimate of drug-likeness (QED) is 0.612. The van der Waals surface area contributed by atoms with E-state index in [4.69, 9.17) is 4.74 Å². The molecule has 1 saturated carbocycles. The van der Waals surface area contributed by atoms with Crippen LogP contribution in [0.25, 0.3) is 5.95 Å². The predicted molar refractivity (Wildman–Crippen MR) is 105 cm³/mol. The summed E-state index contributed by atoms with van der Waals surface area (Å²) < 4.78 is 36.2. The molecule has 0 atom stereocenters. The monoisotopic (exact) mass is 417 g/mol. The lowest BCUT2D eigenvalue weighted by atomic mass is 9.84. The molecule has 3 aromatic rings. The second kappa shape index (κ2) is 8.08. The minimum atomic E-state index is -2.54. The summed E-state index contributed by atoms with van der Waals surface area (Å²) in [5, 5.41) is 8.50. The molecule has 3 aromatic heterocycles. The van der Waals surface area contributed by atoms with Crippen molar-refractivity contribution in [3.63, 3.8) is 0 Å². The fourth-order valence-corrected chi connectivity index (χ4v) is 3.75. The van der Waals surface area contributed by atoms with Crippen molar-refractivity contribution in [1.29, 1.82) is 0 Å². The number of alkyl halides is 2. The molecule has 1 fully saturated rings. The van der Waals surface area contributed by atoms with Crippen LogP contribution in [0.15, 0.2) is 18.5 Å². The first kappa shape index (κ1) is 20.4. The molecule has 0 spiro atoms. The molecule has 0 bridgehead atoms. The molecule has 1 aliphatic rings. The minimum Gasteiger partial charge on any atom is -0.469 e. The van der Waals surface area contributed by atoms with Crippen molar-refractivity contribution in [3.8, 4) is 11.8 Å². The summed E-state index contributed by atoms with van der Waals surface area (Å²) >= 11 is 0. The lowest BCUT2D eigenvalue weighted by Crippen LogP contribution is -2.25. The van der Waals surface area contributed by atoms with E-state index < -0.39 is 5.92 Å². The third kappa shape index (κ3) is 4.63. The Morgan fingerprint density at radius 1 is 1.17 bits per heavy atom. The largest absolute Gasteiger partial charge is 0.469 e. The van der Waals surface area contributed by atoms with Gasteiger partial charge in [0, 0.05) is 31.6 Å². The second-order valence-electron chi connectivity index (χ2n) is 7.93. The van der Waals surface area contributed by atoms with Gasteiger partial charge in [0.05, 0.1) is 11.4 Å². The fourth-order valence-electron chi connectivity index (χ4n) is 3.75. The highest BCUT2D eigenvalue weighted by molar-refractivity contribution is 5.26. The van der Waals surface area contributed by atoms with Gasteiger partial charge >= 0.3 is 0 Å². The molecule has 0 amide bonds. The first-order valence-corrected chi connectivity index (χ1v) is 10.0. The lowest BCUT2D eigenvalue weighted by Gasteiger charge is -2.28. The van der Waals surface area contributed by atoms with Crippen molar-refractivity contribution in [2.24, 2.45) is 13.0 Å². The Morgan fingerprint density at radius 2 is 1.93 bits per heavy atom. The van der Waals surface area contributed by atoms with E-state index >= 15 is 0 Å². The Balaban J connectivity index is 1.59. The van der Waals surface area contributed by atoms with E-state index in [-0.39, 0.29) is 25.4 Å². The van der Waals surface area contributed by atoms with Gasteiger partial charge in [0.25, 0.3) is 5.95 Å². The Bertz CT molecular complexity index is 1020. The summed E-state index contributed by atoms with van der Waals surface area (Å²) in [6.45, 7) is 4.04. The van der Waals surface area contributed by atoms with Crippen LogP contribution in [0.1, 0.15) is 48.6 Å². The van der Waals surface area contributed by atoms with Crippen LogP contribution >= 0.6 is 0 Å². The molecule has 0 unspecified atom stereocenters. The molecule has 0 radical (unpaired) electrons. The average Bonchev–Trinajstić information content (AvgIpc) is 3.26. The lowest BCUT2D eigenvalue weighted by molar-refractivity contribution is -0.0457. The van der Waals surface area contributed by atoms with E-state index in [0.29, 0.717) is 36.9 Å². The number of aromatic nitrogens is 7. The van der Waals surface area contributed by atoms with Gasteiger partial charge < -0.3 is 4.74 Å². The highest BCUT2D eigenvalue weighted by Crippen LogP contribution is 2.37. The normalized spacial score (nSPS) is 16.7. The maximum absolute atomic E-state index is 13.5. The molecule has 0 aliphatic heterocycles. The Labute approximate surface area is 173 Å². The zero-order valence-electron chi connectivity index (χ0n) is 17.3. The molecule has 4 rings (SSSR count). The number of halogens is 2. The molecule has 160 valence electrons. The van der Waals surface area contributed by atoms with Crippen molar-refractivity contribution in [3.05, 3.63) is 41.4 Å². The molecule has 8 nitrogen and oxygen atoms in total. The maximum atomic E-state index is 13.5. The van der Waals surface area contributed by atoms with Crippen molar-refractivity contribution in [1.82, 2.24) is 34.5 Å². The zero-order chi connectivity index (χ0) is 21.3. The van der Waals surface area contributed by atoms with Crippen LogP contribution in [0.2, 0.25) is 0 Å². The van der Waals surface area contributed by atoms with Gasteiger partial charge in [-0.15, -0.1) is 0 Å². The van der Waals surface area contributed by atoms with Gasteiger partial charge in [-0.25, -0.2) is 23.4 Å². The van der Waals surface area contributed by atoms with Crippen LogP contribution in [-0.2, 0) is 20.1 Å². The van der Waals surface area contributed by atoms with Gasteiger partial charge in [-0.1, -0.05) is 0 Å². The molecule has 3 heterocycles. The summed E-state index contributed by atoms with van der Waals surface area (Å²) in [6, 6.07) is 3.72. The molecule has 0 N–H and O–H groups in total. The van der Waals surface area contributed by atoms with E-state index in [1.807, 2.05) is 19.9 Å². The SMILES string of the molecule is Cc1cc(C)n(-c2nc(CC3CCC(F)(F)CC3)cc(OCc3ncnn3C)n2)n1. The zero-order valence-corrected chi connectivity index (χ0v) is 17.3. The number of rotatable bonds is 6. The summed E-state index contributed by atoms with van der Waals surface area (Å²) in [4.78, 5) is 13.3. The third-order valence-electron chi connectivity index (χ3n) is 5.43. The van der Waals surface area contributed by atoms with Crippen LogP contribution in [-0.4, -0.2) is 40.4 Å². The molecule has 10 heteroatoms. The maximum Gasteiger partial charge on any atom is 0.254 e. The summed E-state index contributed by atoms with van der Waals surface area (Å²) in [5.74, 6) is -0.905. The topological polar surface area (TPSA) is 83.5 Å². The third-order valence-corrected chi connectivity index (χ3v) is 5.43. The number of hydrogen-bond donors (Lipinski definition) is 0. The summed E-state index contributed by atoms with van der Waals surface area (Å²) in [7, 11) is 1.79. The Kier molecular flexibility index (Phi) is 5.48. The number of aryl methyl sites for hydroxylation is 3. The van der Waals surface area contributed by atoms with Gasteiger partial charge in [0.1, 0.15) is 12.9 Å². The predicted octanol–water partition coefficient (Wildman–Crippen LogP) is 3.35. The van der Waals surface area contributed by atoms with Crippen molar-refractivity contribution in [2.75, 3.05) is 0 Å². The molecule has 0 aromatic carbocycles. The number of hydrogen-bond acceptors (Lipinski definition) is 6. The fraction of sp³-hybridized carbons (Fsp3) is 0.550. The standard InChI is InChI=1S/C20H25F2N7O/c1-13-8-14(2)29(27-13)19-25-16(9-15-4-6-20(21,22)7-5-15)10-18(26-19)30-11-17-23-12-24-28(17)3/h8,10,12,15H,4-7,9,11H2,1-3H3. The summed E-state index contributed by atoms with van der Waals surface area (Å²) in [5.41, 5.74) is 2.52. The minimum absolute atomic E-state index is 0.0669. The van der Waals surface area contributed by atoms with E-state index in [1.54, 1.807) is 22.5 Å². The van der Waals surface area contributed by atoms with E-state index in [9.17, 15) is 8.78 Å². The average molecular weight is 417 g/mol.